The number of carbonyl (C=O) groups excluding carboxylic acids is 1. The summed E-state index contributed by atoms with van der Waals surface area (Å²) in [6.07, 6.45) is 2.11. The van der Waals surface area contributed by atoms with Gasteiger partial charge in [0.1, 0.15) is 23.2 Å². The van der Waals surface area contributed by atoms with Crippen LogP contribution in [0.4, 0.5) is 4.39 Å². The summed E-state index contributed by atoms with van der Waals surface area (Å²) in [5.74, 6) is -1.08. The Bertz CT molecular complexity index is 999. The number of piperidine rings is 1. The highest BCUT2D eigenvalue weighted by Crippen LogP contribution is 2.33. The van der Waals surface area contributed by atoms with E-state index in [4.69, 9.17) is 0 Å². The first-order valence-corrected chi connectivity index (χ1v) is 9.32. The Morgan fingerprint density at radius 3 is 2.48 bits per heavy atom. The summed E-state index contributed by atoms with van der Waals surface area (Å²) >= 11 is 0. The third kappa shape index (κ3) is 4.82. The summed E-state index contributed by atoms with van der Waals surface area (Å²) in [6.45, 7) is 4.22. The number of likely N-dealkylation sites (tertiary alicyclic amines) is 1. The summed E-state index contributed by atoms with van der Waals surface area (Å²) in [5, 5.41) is 19.7. The van der Waals surface area contributed by atoms with Crippen LogP contribution in [0.15, 0.2) is 78.2 Å². The molecule has 0 spiro atoms. The molecule has 1 aliphatic rings. The van der Waals surface area contributed by atoms with Crippen LogP contribution in [-0.4, -0.2) is 29.0 Å². The van der Waals surface area contributed by atoms with Crippen molar-refractivity contribution in [2.24, 2.45) is 5.92 Å². The van der Waals surface area contributed by atoms with Crippen molar-refractivity contribution in [1.29, 1.82) is 5.26 Å². The number of aliphatic hydroxyl groups is 1. The van der Waals surface area contributed by atoms with Gasteiger partial charge in [-0.2, -0.15) is 5.26 Å². The van der Waals surface area contributed by atoms with Crippen LogP contribution in [0, 0.1) is 23.1 Å². The van der Waals surface area contributed by atoms with Crippen molar-refractivity contribution in [3.8, 4) is 6.07 Å². The molecule has 1 fully saturated rings. The molecule has 2 aromatic carbocycles. The number of benzene rings is 2. The van der Waals surface area contributed by atoms with E-state index in [0.717, 1.165) is 5.56 Å². The SMILES string of the molecule is C=C=C(O)C1CC(c2ccccc2)CN(C(=O)/C(C#N)=C/c2ccc(F)cc2)C1. The summed E-state index contributed by atoms with van der Waals surface area (Å²) in [5.41, 5.74) is 4.12. The highest BCUT2D eigenvalue weighted by Gasteiger charge is 2.33. The van der Waals surface area contributed by atoms with E-state index < -0.39 is 5.91 Å². The number of carbonyl (C=O) groups is 1. The Hall–Kier alpha value is -3.61. The lowest BCUT2D eigenvalue weighted by Crippen LogP contribution is -2.44. The molecule has 0 aliphatic carbocycles. The van der Waals surface area contributed by atoms with E-state index in [-0.39, 0.29) is 35.5 Å². The topological polar surface area (TPSA) is 64.3 Å². The first kappa shape index (κ1) is 20.1. The average molecular weight is 388 g/mol. The van der Waals surface area contributed by atoms with Gasteiger partial charge in [-0.15, -0.1) is 0 Å². The van der Waals surface area contributed by atoms with E-state index in [1.54, 1.807) is 4.90 Å². The molecule has 1 saturated heterocycles. The van der Waals surface area contributed by atoms with Gasteiger partial charge in [0.15, 0.2) is 0 Å². The first-order valence-electron chi connectivity index (χ1n) is 9.32. The van der Waals surface area contributed by atoms with E-state index in [1.165, 1.54) is 30.3 Å². The number of nitriles is 1. The van der Waals surface area contributed by atoms with Crippen LogP contribution < -0.4 is 0 Å². The summed E-state index contributed by atoms with van der Waals surface area (Å²) in [6, 6.07) is 17.3. The standard InChI is InChI=1S/C24H21FN2O2/c1-2-23(28)21-13-20(18-6-4-3-5-7-18)15-27(16-21)24(29)19(14-26)12-17-8-10-22(25)11-9-17/h3-12,20-21,28H,1,13,15-16H2/b19-12+. The van der Waals surface area contributed by atoms with Crippen LogP contribution in [0.25, 0.3) is 6.08 Å². The molecule has 3 rings (SSSR count). The Morgan fingerprint density at radius 1 is 1.17 bits per heavy atom. The van der Waals surface area contributed by atoms with E-state index in [2.05, 4.69) is 12.3 Å². The zero-order chi connectivity index (χ0) is 20.8. The number of nitrogens with zero attached hydrogens (tertiary/aromatic N) is 2. The monoisotopic (exact) mass is 388 g/mol. The largest absolute Gasteiger partial charge is 0.504 e. The smallest absolute Gasteiger partial charge is 0.264 e. The molecule has 0 saturated carbocycles. The average Bonchev–Trinajstić information content (AvgIpc) is 2.78. The minimum absolute atomic E-state index is 0.0140. The summed E-state index contributed by atoms with van der Waals surface area (Å²) < 4.78 is 13.1. The molecular formula is C24H21FN2O2. The number of amides is 1. The van der Waals surface area contributed by atoms with E-state index in [0.29, 0.717) is 18.5 Å². The molecular weight excluding hydrogens is 367 g/mol. The maximum atomic E-state index is 13.1. The molecule has 1 amide bonds. The Labute approximate surface area is 169 Å². The van der Waals surface area contributed by atoms with Crippen molar-refractivity contribution in [3.05, 3.63) is 95.2 Å². The van der Waals surface area contributed by atoms with Crippen molar-refractivity contribution in [3.63, 3.8) is 0 Å². The zero-order valence-electron chi connectivity index (χ0n) is 15.9. The third-order valence-electron chi connectivity index (χ3n) is 5.11. The van der Waals surface area contributed by atoms with Crippen molar-refractivity contribution in [2.75, 3.05) is 13.1 Å². The van der Waals surface area contributed by atoms with Crippen LogP contribution in [0.3, 0.4) is 0 Å². The highest BCUT2D eigenvalue weighted by atomic mass is 19.1. The normalized spacial score (nSPS) is 19.2. The van der Waals surface area contributed by atoms with Crippen LogP contribution >= 0.6 is 0 Å². The van der Waals surface area contributed by atoms with Crippen molar-refractivity contribution in [2.45, 2.75) is 12.3 Å². The molecule has 4 nitrogen and oxygen atoms in total. The van der Waals surface area contributed by atoms with Gasteiger partial charge in [-0.3, -0.25) is 4.79 Å². The fourth-order valence-electron chi connectivity index (χ4n) is 3.61. The minimum atomic E-state index is -0.417. The number of aliphatic hydroxyl groups excluding tert-OH is 1. The predicted octanol–water partition coefficient (Wildman–Crippen LogP) is 4.59. The number of hydrogen-bond acceptors (Lipinski definition) is 3. The molecule has 29 heavy (non-hydrogen) atoms. The van der Waals surface area contributed by atoms with Crippen molar-refractivity contribution in [1.82, 2.24) is 4.90 Å². The lowest BCUT2D eigenvalue weighted by atomic mass is 9.83. The van der Waals surface area contributed by atoms with Crippen LogP contribution in [0.2, 0.25) is 0 Å². The van der Waals surface area contributed by atoms with Gasteiger partial charge in [-0.25, -0.2) is 4.39 Å². The first-order chi connectivity index (χ1) is 14.0. The molecule has 2 atom stereocenters. The van der Waals surface area contributed by atoms with Crippen molar-refractivity contribution >= 4 is 12.0 Å². The minimum Gasteiger partial charge on any atom is -0.504 e. The molecule has 0 radical (unpaired) electrons. The van der Waals surface area contributed by atoms with Gasteiger partial charge in [-0.1, -0.05) is 54.8 Å². The lowest BCUT2D eigenvalue weighted by Gasteiger charge is -2.37. The Morgan fingerprint density at radius 2 is 1.86 bits per heavy atom. The molecule has 1 aliphatic heterocycles. The number of hydrogen-bond donors (Lipinski definition) is 1. The summed E-state index contributed by atoms with van der Waals surface area (Å²) in [4.78, 5) is 14.6. The molecule has 5 heteroatoms. The molecule has 1 N–H and O–H groups in total. The van der Waals surface area contributed by atoms with Crippen LogP contribution in [0.5, 0.6) is 0 Å². The second-order valence-electron chi connectivity index (χ2n) is 7.03. The van der Waals surface area contributed by atoms with Gasteiger partial charge in [0.2, 0.25) is 0 Å². The maximum Gasteiger partial charge on any atom is 0.264 e. The fourth-order valence-corrected chi connectivity index (χ4v) is 3.61. The molecule has 2 aromatic rings. The molecule has 2 unspecified atom stereocenters. The Balaban J connectivity index is 1.89. The lowest BCUT2D eigenvalue weighted by molar-refractivity contribution is -0.128. The molecule has 0 aromatic heterocycles. The van der Waals surface area contributed by atoms with Gasteiger partial charge < -0.3 is 10.0 Å². The van der Waals surface area contributed by atoms with Gasteiger partial charge in [-0.05, 0) is 35.8 Å². The summed E-state index contributed by atoms with van der Waals surface area (Å²) in [7, 11) is 0. The van der Waals surface area contributed by atoms with Gasteiger partial charge >= 0.3 is 0 Å². The van der Waals surface area contributed by atoms with E-state index in [1.807, 2.05) is 36.4 Å². The van der Waals surface area contributed by atoms with Gasteiger partial charge in [0.05, 0.1) is 0 Å². The zero-order valence-corrected chi connectivity index (χ0v) is 15.9. The van der Waals surface area contributed by atoms with Crippen LogP contribution in [0.1, 0.15) is 23.5 Å². The molecule has 1 heterocycles. The van der Waals surface area contributed by atoms with E-state index in [9.17, 15) is 19.6 Å². The van der Waals surface area contributed by atoms with E-state index >= 15 is 0 Å². The number of rotatable bonds is 4. The van der Waals surface area contributed by atoms with Crippen LogP contribution in [-0.2, 0) is 4.79 Å². The highest BCUT2D eigenvalue weighted by molar-refractivity contribution is 6.01. The molecule has 146 valence electrons. The maximum absolute atomic E-state index is 13.1. The predicted molar refractivity (Wildman–Crippen MR) is 109 cm³/mol. The van der Waals surface area contributed by atoms with Crippen molar-refractivity contribution < 1.29 is 14.3 Å². The second-order valence-corrected chi connectivity index (χ2v) is 7.03. The second kappa shape index (κ2) is 9.05. The Kier molecular flexibility index (Phi) is 6.29. The third-order valence-corrected chi connectivity index (χ3v) is 5.11. The van der Waals surface area contributed by atoms with Gasteiger partial charge in [0.25, 0.3) is 5.91 Å². The quantitative estimate of drug-likeness (QED) is 0.361. The fraction of sp³-hybridized carbons (Fsp3) is 0.208. The molecule has 0 bridgehead atoms. The number of halogens is 1. The van der Waals surface area contributed by atoms with Gasteiger partial charge in [0, 0.05) is 24.9 Å².